The lowest BCUT2D eigenvalue weighted by Crippen LogP contribution is -2.30. The third-order valence-corrected chi connectivity index (χ3v) is 5.99. The van der Waals surface area contributed by atoms with Gasteiger partial charge >= 0.3 is 15.2 Å². The molecular formula is C14H21N5O9P2. The van der Waals surface area contributed by atoms with E-state index < -0.39 is 45.4 Å². The van der Waals surface area contributed by atoms with Crippen molar-refractivity contribution >= 4 is 32.3 Å². The van der Waals surface area contributed by atoms with E-state index in [-0.39, 0.29) is 43.0 Å². The van der Waals surface area contributed by atoms with E-state index in [0.29, 0.717) is 0 Å². The second-order valence-corrected chi connectivity index (χ2v) is 10.3. The first-order valence-corrected chi connectivity index (χ1v) is 12.4. The lowest BCUT2D eigenvalue weighted by molar-refractivity contribution is -0.130. The van der Waals surface area contributed by atoms with Gasteiger partial charge in [0.15, 0.2) is 11.2 Å². The average Bonchev–Trinajstić information content (AvgIpc) is 3.22. The number of carbonyl (C=O) groups is 1. The second kappa shape index (κ2) is 8.67. The van der Waals surface area contributed by atoms with Crippen LogP contribution < -0.4 is 5.56 Å². The van der Waals surface area contributed by atoms with E-state index in [1.165, 1.54) is 22.1 Å². The summed E-state index contributed by atoms with van der Waals surface area (Å²) in [6, 6.07) is -0.624. The van der Waals surface area contributed by atoms with Crippen molar-refractivity contribution in [2.75, 3.05) is 25.6 Å². The minimum absolute atomic E-state index is 0.00226. The molecule has 1 aliphatic rings. The number of nitrogens with zero attached hydrogens (tertiary/aromatic N) is 4. The molecule has 1 amide bonds. The van der Waals surface area contributed by atoms with Crippen LogP contribution in [0.2, 0.25) is 0 Å². The number of carbonyl (C=O) groups excluding carboxylic acids is 1. The summed E-state index contributed by atoms with van der Waals surface area (Å²) in [7, 11) is -8.68. The van der Waals surface area contributed by atoms with Crippen LogP contribution in [0.4, 0.5) is 0 Å². The maximum atomic E-state index is 12.5. The molecule has 0 spiro atoms. The van der Waals surface area contributed by atoms with Crippen LogP contribution in [0.25, 0.3) is 11.2 Å². The molecule has 166 valence electrons. The van der Waals surface area contributed by atoms with Crippen molar-refractivity contribution in [1.29, 1.82) is 0 Å². The third-order valence-electron chi connectivity index (χ3n) is 4.61. The van der Waals surface area contributed by atoms with E-state index in [1.54, 1.807) is 0 Å². The largest absolute Gasteiger partial charge is 0.362 e. The van der Waals surface area contributed by atoms with Crippen LogP contribution in [0.3, 0.4) is 0 Å². The number of ether oxygens (including phenoxy) is 1. The van der Waals surface area contributed by atoms with Crippen molar-refractivity contribution in [3.05, 3.63) is 23.0 Å². The number of fused-ring (bicyclic) bond motifs is 1. The monoisotopic (exact) mass is 465 g/mol. The highest BCUT2D eigenvalue weighted by Crippen LogP contribution is 2.38. The van der Waals surface area contributed by atoms with Crippen molar-refractivity contribution in [1.82, 2.24) is 24.4 Å². The lowest BCUT2D eigenvalue weighted by atomic mass is 10.2. The maximum Gasteiger partial charge on any atom is 0.350 e. The summed E-state index contributed by atoms with van der Waals surface area (Å²) >= 11 is 0. The zero-order chi connectivity index (χ0) is 22.1. The number of likely N-dealkylation sites (tertiary alicyclic amines) is 1. The summed E-state index contributed by atoms with van der Waals surface area (Å²) < 4.78 is 29.1. The van der Waals surface area contributed by atoms with E-state index in [2.05, 4.69) is 15.0 Å². The molecule has 0 radical (unpaired) electrons. The number of aromatic amines is 1. The van der Waals surface area contributed by atoms with Gasteiger partial charge in [-0.2, -0.15) is 0 Å². The highest BCUT2D eigenvalue weighted by Gasteiger charge is 2.39. The first-order valence-electron chi connectivity index (χ1n) is 8.83. The topological polar surface area (TPSA) is 208 Å². The van der Waals surface area contributed by atoms with Crippen LogP contribution in [-0.2, 0) is 18.7 Å². The van der Waals surface area contributed by atoms with Gasteiger partial charge in [0.25, 0.3) is 5.56 Å². The van der Waals surface area contributed by atoms with Gasteiger partial charge in [0, 0.05) is 19.5 Å². The van der Waals surface area contributed by atoms with E-state index in [1.807, 2.05) is 0 Å². The molecule has 1 aliphatic heterocycles. The van der Waals surface area contributed by atoms with E-state index >= 15 is 0 Å². The van der Waals surface area contributed by atoms with E-state index in [0.717, 1.165) is 0 Å². The van der Waals surface area contributed by atoms with Gasteiger partial charge in [0.05, 0.1) is 31.0 Å². The van der Waals surface area contributed by atoms with Gasteiger partial charge < -0.3 is 38.8 Å². The fourth-order valence-electron chi connectivity index (χ4n) is 3.28. The molecule has 1 unspecified atom stereocenters. The molecule has 2 aromatic heterocycles. The molecule has 2 atom stereocenters. The van der Waals surface area contributed by atoms with Gasteiger partial charge in [-0.1, -0.05) is 0 Å². The van der Waals surface area contributed by atoms with Crippen molar-refractivity contribution in [2.24, 2.45) is 0 Å². The third kappa shape index (κ3) is 5.61. The van der Waals surface area contributed by atoms with E-state index in [9.17, 15) is 18.7 Å². The maximum absolute atomic E-state index is 12.5. The summed E-state index contributed by atoms with van der Waals surface area (Å²) in [4.78, 5) is 72.3. The van der Waals surface area contributed by atoms with Crippen molar-refractivity contribution < 1.29 is 38.2 Å². The summed E-state index contributed by atoms with van der Waals surface area (Å²) in [5.41, 5.74) is -0.170. The van der Waals surface area contributed by atoms with Crippen LogP contribution in [-0.4, -0.2) is 81.6 Å². The number of nitrogens with one attached hydrogen (secondary N) is 1. The molecular weight excluding hydrogens is 444 g/mol. The Morgan fingerprint density at radius 3 is 2.60 bits per heavy atom. The SMILES string of the molecule is O=C(CCCP(=O)(O)O)N1CC(n2cnc3c(=O)[nH]cnc32)[C@@H](OCP(=O)(O)O)C1. The number of imidazole rings is 1. The molecule has 0 aliphatic carbocycles. The Kier molecular flexibility index (Phi) is 6.58. The number of hydrogen-bond donors (Lipinski definition) is 5. The quantitative estimate of drug-likeness (QED) is 0.298. The molecule has 0 aromatic carbocycles. The normalized spacial score (nSPS) is 20.2. The molecule has 30 heavy (non-hydrogen) atoms. The Labute approximate surface area is 169 Å². The molecule has 1 fully saturated rings. The van der Waals surface area contributed by atoms with E-state index in [4.69, 9.17) is 24.3 Å². The molecule has 1 saturated heterocycles. The fraction of sp³-hybridized carbons (Fsp3) is 0.571. The zero-order valence-electron chi connectivity index (χ0n) is 15.6. The summed E-state index contributed by atoms with van der Waals surface area (Å²) in [5, 5.41) is 0. The van der Waals surface area contributed by atoms with Gasteiger partial charge in [0.2, 0.25) is 5.91 Å². The van der Waals surface area contributed by atoms with Crippen molar-refractivity contribution in [3.63, 3.8) is 0 Å². The Morgan fingerprint density at radius 1 is 1.20 bits per heavy atom. The number of aromatic nitrogens is 4. The molecule has 0 bridgehead atoms. The molecule has 2 aromatic rings. The van der Waals surface area contributed by atoms with Gasteiger partial charge in [-0.25, -0.2) is 9.97 Å². The minimum atomic E-state index is -4.46. The zero-order valence-corrected chi connectivity index (χ0v) is 17.4. The standard InChI is InChI=1S/C14H21N5O9P2/c20-11(2-1-3-29(22,23)24)18-4-9(10(5-18)28-8-30(25,26)27)19-7-17-12-13(19)15-6-16-14(12)21/h6-7,9-10H,1-5,8H2,(H,15,16,21)(H2,22,23,24)(H2,25,26,27)/t9?,10-/m0/s1. The van der Waals surface area contributed by atoms with Gasteiger partial charge in [-0.15, -0.1) is 0 Å². The number of rotatable bonds is 8. The van der Waals surface area contributed by atoms with Gasteiger partial charge in [-0.3, -0.25) is 18.7 Å². The predicted octanol–water partition coefficient (Wildman–Crippen LogP) is -1.02. The van der Waals surface area contributed by atoms with Crippen LogP contribution in [0.1, 0.15) is 18.9 Å². The Hall–Kier alpha value is -1.92. The Morgan fingerprint density at radius 2 is 1.93 bits per heavy atom. The van der Waals surface area contributed by atoms with Crippen molar-refractivity contribution in [2.45, 2.75) is 25.0 Å². The molecule has 3 rings (SSSR count). The van der Waals surface area contributed by atoms with Crippen LogP contribution in [0.5, 0.6) is 0 Å². The first kappa shape index (κ1) is 22.8. The molecule has 3 heterocycles. The fourth-order valence-corrected chi connectivity index (χ4v) is 4.24. The van der Waals surface area contributed by atoms with Gasteiger partial charge in [-0.05, 0) is 6.42 Å². The van der Waals surface area contributed by atoms with Crippen LogP contribution >= 0.6 is 15.2 Å². The van der Waals surface area contributed by atoms with Crippen LogP contribution in [0.15, 0.2) is 17.4 Å². The number of amides is 1. The predicted molar refractivity (Wildman–Crippen MR) is 102 cm³/mol. The Bertz CT molecular complexity index is 1070. The summed E-state index contributed by atoms with van der Waals surface area (Å²) in [5.74, 6) is -0.383. The molecule has 14 nitrogen and oxygen atoms in total. The molecule has 0 saturated carbocycles. The smallest absolute Gasteiger partial charge is 0.350 e. The van der Waals surface area contributed by atoms with Crippen molar-refractivity contribution in [3.8, 4) is 0 Å². The van der Waals surface area contributed by atoms with Gasteiger partial charge in [0.1, 0.15) is 6.35 Å². The highest BCUT2D eigenvalue weighted by atomic mass is 31.2. The van der Waals surface area contributed by atoms with Crippen LogP contribution in [0, 0.1) is 0 Å². The Balaban J connectivity index is 1.80. The minimum Gasteiger partial charge on any atom is -0.362 e. The highest BCUT2D eigenvalue weighted by molar-refractivity contribution is 7.51. The summed E-state index contributed by atoms with van der Waals surface area (Å²) in [6.45, 7) is 0.0861. The second-order valence-electron chi connectivity index (χ2n) is 6.91. The first-order chi connectivity index (χ1) is 13.9. The lowest BCUT2D eigenvalue weighted by Gasteiger charge is -2.20. The average molecular weight is 465 g/mol. The number of H-pyrrole nitrogens is 1. The summed E-state index contributed by atoms with van der Waals surface area (Å²) in [6.07, 6.45) is 0.320. The molecule has 5 N–H and O–H groups in total. The number of hydrogen-bond acceptors (Lipinski definition) is 7. The molecule has 16 heteroatoms.